The van der Waals surface area contributed by atoms with Crippen molar-refractivity contribution in [1.82, 2.24) is 9.97 Å². The van der Waals surface area contributed by atoms with Gasteiger partial charge in [0.05, 0.1) is 4.92 Å². The molecule has 2 aromatic rings. The summed E-state index contributed by atoms with van der Waals surface area (Å²) in [4.78, 5) is 18.6. The third-order valence-electron chi connectivity index (χ3n) is 2.78. The Labute approximate surface area is 127 Å². The van der Waals surface area contributed by atoms with Gasteiger partial charge in [0.2, 0.25) is 17.6 Å². The SMILES string of the molecule is C=CCNc1nc(N)c([N+](=O)[O-])c(Nc2cccc(C)c2)n1. The number of aromatic nitrogens is 2. The summed E-state index contributed by atoms with van der Waals surface area (Å²) in [6.45, 7) is 5.91. The van der Waals surface area contributed by atoms with Gasteiger partial charge in [0.15, 0.2) is 0 Å². The van der Waals surface area contributed by atoms with Crippen LogP contribution in [0, 0.1) is 17.0 Å². The van der Waals surface area contributed by atoms with Gasteiger partial charge in [-0.2, -0.15) is 9.97 Å². The molecule has 1 aromatic heterocycles. The maximum atomic E-state index is 11.2. The number of anilines is 4. The predicted molar refractivity (Wildman–Crippen MR) is 86.2 cm³/mol. The van der Waals surface area contributed by atoms with E-state index in [1.54, 1.807) is 12.1 Å². The van der Waals surface area contributed by atoms with E-state index in [-0.39, 0.29) is 23.3 Å². The normalized spacial score (nSPS) is 10.0. The first-order valence-electron chi connectivity index (χ1n) is 6.51. The molecule has 2 rings (SSSR count). The number of nitrogens with zero attached hydrogens (tertiary/aromatic N) is 3. The van der Waals surface area contributed by atoms with Crippen LogP contribution in [-0.4, -0.2) is 21.4 Å². The van der Waals surface area contributed by atoms with E-state index in [1.807, 2.05) is 25.1 Å². The monoisotopic (exact) mass is 300 g/mol. The lowest BCUT2D eigenvalue weighted by Crippen LogP contribution is -2.10. The maximum Gasteiger partial charge on any atom is 0.353 e. The first-order valence-corrected chi connectivity index (χ1v) is 6.51. The lowest BCUT2D eigenvalue weighted by Gasteiger charge is -2.10. The second-order valence-corrected chi connectivity index (χ2v) is 4.55. The lowest BCUT2D eigenvalue weighted by molar-refractivity contribution is -0.383. The fourth-order valence-corrected chi connectivity index (χ4v) is 1.84. The first-order chi connectivity index (χ1) is 10.5. The lowest BCUT2D eigenvalue weighted by atomic mass is 10.2. The van der Waals surface area contributed by atoms with Crippen LogP contribution >= 0.6 is 0 Å². The van der Waals surface area contributed by atoms with E-state index >= 15 is 0 Å². The Morgan fingerprint density at radius 1 is 1.45 bits per heavy atom. The summed E-state index contributed by atoms with van der Waals surface area (Å²) >= 11 is 0. The molecule has 0 amide bonds. The third kappa shape index (κ3) is 3.48. The largest absolute Gasteiger partial charge is 0.378 e. The summed E-state index contributed by atoms with van der Waals surface area (Å²) in [7, 11) is 0. The summed E-state index contributed by atoms with van der Waals surface area (Å²) in [5.41, 5.74) is 7.01. The zero-order valence-electron chi connectivity index (χ0n) is 12.0. The summed E-state index contributed by atoms with van der Waals surface area (Å²) in [6, 6.07) is 7.39. The van der Waals surface area contributed by atoms with E-state index in [4.69, 9.17) is 5.73 Å². The Bertz CT molecular complexity index is 716. The molecule has 1 aromatic carbocycles. The van der Waals surface area contributed by atoms with Crippen LogP contribution in [0.4, 0.5) is 29.0 Å². The molecule has 0 fully saturated rings. The number of nitrogen functional groups attached to an aromatic ring is 1. The predicted octanol–water partition coefficient (Wildman–Crippen LogP) is 2.62. The number of nitro groups is 1. The molecule has 1 heterocycles. The summed E-state index contributed by atoms with van der Waals surface area (Å²) in [5.74, 6) is 0.0227. The van der Waals surface area contributed by atoms with Crippen LogP contribution in [-0.2, 0) is 0 Å². The van der Waals surface area contributed by atoms with Crippen molar-refractivity contribution in [3.8, 4) is 0 Å². The van der Waals surface area contributed by atoms with E-state index in [0.717, 1.165) is 5.56 Å². The van der Waals surface area contributed by atoms with Crippen LogP contribution in [0.5, 0.6) is 0 Å². The summed E-state index contributed by atoms with van der Waals surface area (Å²) < 4.78 is 0. The topological polar surface area (TPSA) is 119 Å². The van der Waals surface area contributed by atoms with Gasteiger partial charge in [0, 0.05) is 12.2 Å². The molecule has 22 heavy (non-hydrogen) atoms. The van der Waals surface area contributed by atoms with Crippen LogP contribution < -0.4 is 16.4 Å². The van der Waals surface area contributed by atoms with Crippen LogP contribution in [0.15, 0.2) is 36.9 Å². The molecule has 0 aliphatic rings. The molecule has 8 heteroatoms. The average Bonchev–Trinajstić information content (AvgIpc) is 2.44. The highest BCUT2D eigenvalue weighted by molar-refractivity contribution is 5.74. The number of nitrogens with two attached hydrogens (primary N) is 1. The Morgan fingerprint density at radius 3 is 2.86 bits per heavy atom. The van der Waals surface area contributed by atoms with Gasteiger partial charge in [0.25, 0.3) is 0 Å². The molecule has 0 unspecified atom stereocenters. The second-order valence-electron chi connectivity index (χ2n) is 4.55. The molecular formula is C14H16N6O2. The molecule has 0 spiro atoms. The van der Waals surface area contributed by atoms with E-state index in [1.165, 1.54) is 0 Å². The van der Waals surface area contributed by atoms with Crippen molar-refractivity contribution in [1.29, 1.82) is 0 Å². The molecule has 0 bridgehead atoms. The summed E-state index contributed by atoms with van der Waals surface area (Å²) in [6.07, 6.45) is 1.62. The standard InChI is InChI=1S/C14H16N6O2/c1-3-7-16-14-18-12(15)11(20(21)22)13(19-14)17-10-6-4-5-9(2)8-10/h3-6,8H,1,7H2,2H3,(H4,15,16,17,18,19). The molecule has 114 valence electrons. The number of nitrogens with one attached hydrogen (secondary N) is 2. The fourth-order valence-electron chi connectivity index (χ4n) is 1.84. The van der Waals surface area contributed by atoms with Crippen LogP contribution in [0.2, 0.25) is 0 Å². The van der Waals surface area contributed by atoms with Gasteiger partial charge in [0.1, 0.15) is 0 Å². The van der Waals surface area contributed by atoms with Crippen LogP contribution in [0.1, 0.15) is 5.56 Å². The highest BCUT2D eigenvalue weighted by Gasteiger charge is 2.23. The van der Waals surface area contributed by atoms with E-state index in [0.29, 0.717) is 12.2 Å². The molecule has 0 radical (unpaired) electrons. The van der Waals surface area contributed by atoms with E-state index in [2.05, 4.69) is 27.2 Å². The van der Waals surface area contributed by atoms with E-state index < -0.39 is 4.92 Å². The molecule has 0 saturated heterocycles. The van der Waals surface area contributed by atoms with Crippen LogP contribution in [0.25, 0.3) is 0 Å². The van der Waals surface area contributed by atoms with Gasteiger partial charge >= 0.3 is 5.69 Å². The fraction of sp³-hybridized carbons (Fsp3) is 0.143. The number of benzene rings is 1. The highest BCUT2D eigenvalue weighted by atomic mass is 16.6. The van der Waals surface area contributed by atoms with E-state index in [9.17, 15) is 10.1 Å². The van der Waals surface area contributed by atoms with Gasteiger partial charge < -0.3 is 16.4 Å². The zero-order valence-corrected chi connectivity index (χ0v) is 12.0. The minimum Gasteiger partial charge on any atom is -0.378 e. The number of rotatable bonds is 6. The molecule has 8 nitrogen and oxygen atoms in total. The highest BCUT2D eigenvalue weighted by Crippen LogP contribution is 2.31. The minimum atomic E-state index is -0.606. The quantitative estimate of drug-likeness (QED) is 0.426. The first kappa shape index (κ1) is 15.2. The van der Waals surface area contributed by atoms with Crippen molar-refractivity contribution < 1.29 is 4.92 Å². The maximum absolute atomic E-state index is 11.2. The van der Waals surface area contributed by atoms with Crippen molar-refractivity contribution in [3.05, 3.63) is 52.6 Å². The number of aryl methyl sites for hydroxylation is 1. The van der Waals surface area contributed by atoms with Crippen molar-refractivity contribution in [2.75, 3.05) is 22.9 Å². The van der Waals surface area contributed by atoms with Gasteiger partial charge in [-0.05, 0) is 24.6 Å². The Balaban J connectivity index is 2.43. The van der Waals surface area contributed by atoms with Crippen molar-refractivity contribution in [2.24, 2.45) is 0 Å². The molecule has 0 atom stereocenters. The van der Waals surface area contributed by atoms with Crippen molar-refractivity contribution in [2.45, 2.75) is 6.92 Å². The molecular weight excluding hydrogens is 284 g/mol. The Morgan fingerprint density at radius 2 is 2.23 bits per heavy atom. The Hall–Kier alpha value is -3.16. The molecule has 0 aliphatic heterocycles. The zero-order chi connectivity index (χ0) is 16.1. The molecule has 4 N–H and O–H groups in total. The Kier molecular flexibility index (Phi) is 4.52. The average molecular weight is 300 g/mol. The van der Waals surface area contributed by atoms with Gasteiger partial charge in [-0.1, -0.05) is 18.2 Å². The van der Waals surface area contributed by atoms with Gasteiger partial charge in [-0.15, -0.1) is 6.58 Å². The third-order valence-corrected chi connectivity index (χ3v) is 2.78. The molecule has 0 aliphatic carbocycles. The van der Waals surface area contributed by atoms with Crippen molar-refractivity contribution >= 4 is 29.0 Å². The number of hydrogen-bond acceptors (Lipinski definition) is 7. The molecule has 0 saturated carbocycles. The smallest absolute Gasteiger partial charge is 0.353 e. The summed E-state index contributed by atoms with van der Waals surface area (Å²) in [5, 5.41) is 17.0. The second kappa shape index (κ2) is 6.53. The van der Waals surface area contributed by atoms with Crippen molar-refractivity contribution in [3.63, 3.8) is 0 Å². The number of hydrogen-bond donors (Lipinski definition) is 3. The minimum absolute atomic E-state index is 0.0367. The van der Waals surface area contributed by atoms with Crippen LogP contribution in [0.3, 0.4) is 0 Å². The van der Waals surface area contributed by atoms with Gasteiger partial charge in [-0.3, -0.25) is 10.1 Å². The van der Waals surface area contributed by atoms with Gasteiger partial charge in [-0.25, -0.2) is 0 Å².